The largest absolute Gasteiger partial charge is 0.500 e. The van der Waals surface area contributed by atoms with Gasteiger partial charge in [-0.25, -0.2) is 4.79 Å². The van der Waals surface area contributed by atoms with Crippen LogP contribution in [0.25, 0.3) is 0 Å². The molecule has 2 heterocycles. The molecule has 2 aromatic carbocycles. The van der Waals surface area contributed by atoms with Gasteiger partial charge in [0.15, 0.2) is 5.60 Å². The predicted octanol–water partition coefficient (Wildman–Crippen LogP) is 4.99. The standard InChI is InChI=1S/C26H33BClNO5/c1-23(2,3)32-22(30)29-16-26(18-11-9-8-10-12-18)15-17-13-14-19(28)20(21(17)31-26)27-33-24(4,5)25(6,7)34-27/h8-14H,15-16H2,1-7H3,(H,29,30). The zero-order chi connectivity index (χ0) is 24.9. The van der Waals surface area contributed by atoms with Crippen LogP contribution in [0.15, 0.2) is 42.5 Å². The zero-order valence-electron chi connectivity index (χ0n) is 21.0. The van der Waals surface area contributed by atoms with Crippen LogP contribution in [0, 0.1) is 0 Å². The van der Waals surface area contributed by atoms with Crippen LogP contribution < -0.4 is 15.5 Å². The van der Waals surface area contributed by atoms with Gasteiger partial charge < -0.3 is 24.1 Å². The van der Waals surface area contributed by atoms with Gasteiger partial charge in [0.2, 0.25) is 0 Å². The predicted molar refractivity (Wildman–Crippen MR) is 134 cm³/mol. The Morgan fingerprint density at radius 1 is 1.06 bits per heavy atom. The average molecular weight is 486 g/mol. The molecule has 2 aliphatic rings. The summed E-state index contributed by atoms with van der Waals surface area (Å²) in [6.45, 7) is 13.7. The lowest BCUT2D eigenvalue weighted by atomic mass is 9.77. The van der Waals surface area contributed by atoms with Gasteiger partial charge in [0.25, 0.3) is 0 Å². The Balaban J connectivity index is 1.69. The maximum atomic E-state index is 12.5. The van der Waals surface area contributed by atoms with E-state index in [1.54, 1.807) is 0 Å². The highest BCUT2D eigenvalue weighted by Gasteiger charge is 2.54. The molecular weight excluding hydrogens is 453 g/mol. The molecule has 1 amide bonds. The Hall–Kier alpha value is -2.22. The Morgan fingerprint density at radius 3 is 2.26 bits per heavy atom. The molecule has 1 saturated heterocycles. The molecule has 182 valence electrons. The van der Waals surface area contributed by atoms with E-state index >= 15 is 0 Å². The summed E-state index contributed by atoms with van der Waals surface area (Å²) in [4.78, 5) is 12.5. The number of nitrogens with one attached hydrogen (secondary N) is 1. The molecular formula is C26H33BClNO5. The highest BCUT2D eigenvalue weighted by Crippen LogP contribution is 2.44. The summed E-state index contributed by atoms with van der Waals surface area (Å²) in [5.41, 5.74) is 0.133. The summed E-state index contributed by atoms with van der Waals surface area (Å²) >= 11 is 6.68. The number of amides is 1. The number of ether oxygens (including phenoxy) is 2. The van der Waals surface area contributed by atoms with Crippen LogP contribution in [-0.2, 0) is 26.1 Å². The number of carbonyl (C=O) groups excluding carboxylic acids is 1. The van der Waals surface area contributed by atoms with Crippen molar-refractivity contribution >= 4 is 30.3 Å². The maximum absolute atomic E-state index is 12.5. The van der Waals surface area contributed by atoms with Crippen molar-refractivity contribution in [2.75, 3.05) is 6.54 Å². The molecule has 4 rings (SSSR count). The third-order valence-electron chi connectivity index (χ3n) is 6.70. The van der Waals surface area contributed by atoms with Crippen LogP contribution >= 0.6 is 11.6 Å². The van der Waals surface area contributed by atoms with E-state index in [0.29, 0.717) is 22.7 Å². The minimum Gasteiger partial charge on any atom is -0.480 e. The summed E-state index contributed by atoms with van der Waals surface area (Å²) in [5, 5.41) is 3.42. The fourth-order valence-corrected chi connectivity index (χ4v) is 4.47. The van der Waals surface area contributed by atoms with E-state index < -0.39 is 35.6 Å². The molecule has 34 heavy (non-hydrogen) atoms. The fourth-order valence-electron chi connectivity index (χ4n) is 4.23. The first kappa shape index (κ1) is 24.9. The molecule has 0 spiro atoms. The van der Waals surface area contributed by atoms with Crippen LogP contribution in [0.5, 0.6) is 5.75 Å². The number of hydrogen-bond donors (Lipinski definition) is 1. The lowest BCUT2D eigenvalue weighted by Gasteiger charge is -2.32. The highest BCUT2D eigenvalue weighted by atomic mass is 35.5. The molecule has 0 saturated carbocycles. The first-order valence-corrected chi connectivity index (χ1v) is 12.0. The Labute approximate surface area is 207 Å². The normalized spacial score (nSPS) is 22.8. The second kappa shape index (κ2) is 8.47. The molecule has 1 atom stereocenters. The smallest absolute Gasteiger partial charge is 0.480 e. The van der Waals surface area contributed by atoms with E-state index in [0.717, 1.165) is 11.1 Å². The number of fused-ring (bicyclic) bond motifs is 1. The SMILES string of the molecule is CC(C)(C)OC(=O)NCC1(c2ccccc2)Cc2ccc(Cl)c(B3OC(C)(C)C(C)(C)O3)c2O1. The van der Waals surface area contributed by atoms with Gasteiger partial charge >= 0.3 is 13.2 Å². The summed E-state index contributed by atoms with van der Waals surface area (Å²) in [6.07, 6.45) is 0.0535. The van der Waals surface area contributed by atoms with Crippen molar-refractivity contribution in [3.05, 3.63) is 58.6 Å². The topological polar surface area (TPSA) is 66.0 Å². The Bertz CT molecular complexity index is 1070. The number of alkyl carbamates (subject to hydrolysis) is 1. The fraction of sp³-hybridized carbons (Fsp3) is 0.500. The summed E-state index contributed by atoms with van der Waals surface area (Å²) in [7, 11) is -0.669. The van der Waals surface area contributed by atoms with Crippen molar-refractivity contribution in [2.24, 2.45) is 0 Å². The first-order chi connectivity index (χ1) is 15.7. The monoisotopic (exact) mass is 485 g/mol. The second-order valence-electron chi connectivity index (χ2n) is 11.0. The van der Waals surface area contributed by atoms with E-state index in [2.05, 4.69) is 5.32 Å². The van der Waals surface area contributed by atoms with Gasteiger partial charge in [-0.05, 0) is 65.7 Å². The minimum atomic E-state index is -0.830. The van der Waals surface area contributed by atoms with E-state index in [1.807, 2.05) is 90.9 Å². The maximum Gasteiger partial charge on any atom is 0.500 e. The van der Waals surface area contributed by atoms with Crippen LogP contribution in [0.1, 0.15) is 59.6 Å². The summed E-state index contributed by atoms with van der Waals surface area (Å²) in [6, 6.07) is 13.7. The van der Waals surface area contributed by atoms with E-state index in [4.69, 9.17) is 30.4 Å². The van der Waals surface area contributed by atoms with Crippen LogP contribution in [0.4, 0.5) is 4.79 Å². The van der Waals surface area contributed by atoms with Gasteiger partial charge in [0, 0.05) is 16.9 Å². The Kier molecular flexibility index (Phi) is 6.20. The van der Waals surface area contributed by atoms with Crippen molar-refractivity contribution in [2.45, 2.75) is 77.3 Å². The Morgan fingerprint density at radius 2 is 1.68 bits per heavy atom. The van der Waals surface area contributed by atoms with Crippen LogP contribution in [0.2, 0.25) is 5.02 Å². The molecule has 0 radical (unpaired) electrons. The molecule has 0 aromatic heterocycles. The van der Waals surface area contributed by atoms with E-state index in [-0.39, 0.29) is 6.54 Å². The number of benzene rings is 2. The lowest BCUT2D eigenvalue weighted by molar-refractivity contribution is 0.00578. The molecule has 1 unspecified atom stereocenters. The van der Waals surface area contributed by atoms with Crippen molar-refractivity contribution in [1.29, 1.82) is 0 Å². The van der Waals surface area contributed by atoms with Crippen molar-refractivity contribution < 1.29 is 23.6 Å². The quantitative estimate of drug-likeness (QED) is 0.618. The number of halogens is 1. The number of hydrogen-bond acceptors (Lipinski definition) is 5. The summed E-state index contributed by atoms with van der Waals surface area (Å²) < 4.78 is 24.8. The lowest BCUT2D eigenvalue weighted by Crippen LogP contribution is -2.46. The van der Waals surface area contributed by atoms with E-state index in [9.17, 15) is 4.79 Å². The molecule has 0 bridgehead atoms. The third-order valence-corrected chi connectivity index (χ3v) is 7.03. The van der Waals surface area contributed by atoms with Crippen molar-refractivity contribution in [1.82, 2.24) is 5.32 Å². The van der Waals surface area contributed by atoms with Gasteiger partial charge in [-0.15, -0.1) is 0 Å². The van der Waals surface area contributed by atoms with Crippen LogP contribution in [0.3, 0.4) is 0 Å². The molecule has 8 heteroatoms. The van der Waals surface area contributed by atoms with Gasteiger partial charge in [-0.1, -0.05) is 48.0 Å². The van der Waals surface area contributed by atoms with Crippen LogP contribution in [-0.4, -0.2) is 36.6 Å². The van der Waals surface area contributed by atoms with Gasteiger partial charge in [0.05, 0.1) is 17.7 Å². The second-order valence-corrected chi connectivity index (χ2v) is 11.4. The molecule has 2 aliphatic heterocycles. The average Bonchev–Trinajstić information content (AvgIpc) is 3.20. The third kappa shape index (κ3) is 4.66. The highest BCUT2D eigenvalue weighted by molar-refractivity contribution is 6.66. The van der Waals surface area contributed by atoms with Crippen molar-refractivity contribution in [3.8, 4) is 5.75 Å². The zero-order valence-corrected chi connectivity index (χ0v) is 21.7. The molecule has 1 fully saturated rings. The van der Waals surface area contributed by atoms with E-state index in [1.165, 1.54) is 0 Å². The van der Waals surface area contributed by atoms with Gasteiger partial charge in [0.1, 0.15) is 11.4 Å². The first-order valence-electron chi connectivity index (χ1n) is 11.6. The number of carbonyl (C=O) groups is 1. The molecule has 1 N–H and O–H groups in total. The molecule has 0 aliphatic carbocycles. The summed E-state index contributed by atoms with van der Waals surface area (Å²) in [5.74, 6) is 0.640. The van der Waals surface area contributed by atoms with Gasteiger partial charge in [-0.2, -0.15) is 0 Å². The number of rotatable bonds is 4. The molecule has 2 aromatic rings. The molecule has 6 nitrogen and oxygen atoms in total. The minimum absolute atomic E-state index is 0.223. The van der Waals surface area contributed by atoms with Gasteiger partial charge in [-0.3, -0.25) is 0 Å². The van der Waals surface area contributed by atoms with Crippen molar-refractivity contribution in [3.63, 3.8) is 0 Å².